The van der Waals surface area contributed by atoms with E-state index in [2.05, 4.69) is 17.9 Å². The Bertz CT molecular complexity index is 336. The van der Waals surface area contributed by atoms with Crippen molar-refractivity contribution in [2.45, 2.75) is 19.8 Å². The van der Waals surface area contributed by atoms with Gasteiger partial charge in [0.15, 0.2) is 0 Å². The number of benzene rings is 1. The average Bonchev–Trinajstić information content (AvgIpc) is 2.18. The lowest BCUT2D eigenvalue weighted by atomic mass is 10.3. The van der Waals surface area contributed by atoms with Gasteiger partial charge in [0.2, 0.25) is 0 Å². The Labute approximate surface area is 83.9 Å². The van der Waals surface area contributed by atoms with Gasteiger partial charge in [0.25, 0.3) is 0 Å². The lowest BCUT2D eigenvalue weighted by Gasteiger charge is -2.03. The van der Waals surface area contributed by atoms with Crippen molar-refractivity contribution < 1.29 is 9.13 Å². The maximum absolute atomic E-state index is 12.6. The Morgan fingerprint density at radius 2 is 2.43 bits per heavy atom. The minimum absolute atomic E-state index is 0.393. The molecule has 0 heterocycles. The maximum Gasteiger partial charge on any atom is 0.134 e. The number of halogens is 1. The molecule has 73 valence electrons. The zero-order valence-electron chi connectivity index (χ0n) is 8.14. The summed E-state index contributed by atoms with van der Waals surface area (Å²) < 4.78 is 17.9. The van der Waals surface area contributed by atoms with Crippen LogP contribution in [0.25, 0.3) is 0 Å². The van der Waals surface area contributed by atoms with Crippen LogP contribution in [0.3, 0.4) is 0 Å². The highest BCUT2D eigenvalue weighted by Gasteiger charge is 1.94. The predicted molar refractivity (Wildman–Crippen MR) is 53.4 cm³/mol. The molecule has 0 amide bonds. The van der Waals surface area contributed by atoms with Gasteiger partial charge in [-0.15, -0.1) is 11.8 Å². The SMILES string of the molecule is CC#CCCCOc1cc[c]c(F)c1. The topological polar surface area (TPSA) is 9.23 Å². The predicted octanol–water partition coefficient (Wildman–Crippen LogP) is 2.81. The quantitative estimate of drug-likeness (QED) is 0.525. The first-order chi connectivity index (χ1) is 6.83. The van der Waals surface area contributed by atoms with Crippen LogP contribution in [-0.4, -0.2) is 6.61 Å². The maximum atomic E-state index is 12.6. The molecule has 0 aliphatic heterocycles. The number of hydrogen-bond donors (Lipinski definition) is 0. The molecule has 0 aromatic heterocycles. The Morgan fingerprint density at radius 3 is 3.14 bits per heavy atom. The standard InChI is InChI=1S/C12H12FO/c1-2-3-4-5-9-14-12-8-6-7-11(13)10-12/h6,8,10H,4-5,9H2,1H3. The molecule has 1 radical (unpaired) electrons. The molecule has 0 saturated heterocycles. The van der Waals surface area contributed by atoms with E-state index in [1.54, 1.807) is 6.07 Å². The lowest BCUT2D eigenvalue weighted by Crippen LogP contribution is -1.96. The zero-order valence-corrected chi connectivity index (χ0v) is 8.14. The first-order valence-corrected chi connectivity index (χ1v) is 4.52. The molecular weight excluding hydrogens is 179 g/mol. The van der Waals surface area contributed by atoms with Gasteiger partial charge < -0.3 is 4.74 Å². The van der Waals surface area contributed by atoms with E-state index < -0.39 is 5.82 Å². The molecule has 1 nitrogen and oxygen atoms in total. The molecular formula is C12H12FO. The summed E-state index contributed by atoms with van der Waals surface area (Å²) in [7, 11) is 0. The molecule has 0 N–H and O–H groups in total. The van der Waals surface area contributed by atoms with Crippen LogP contribution in [-0.2, 0) is 0 Å². The summed E-state index contributed by atoms with van der Waals surface area (Å²) in [4.78, 5) is 0. The van der Waals surface area contributed by atoms with Crippen LogP contribution in [0.5, 0.6) is 5.75 Å². The Morgan fingerprint density at radius 1 is 1.57 bits per heavy atom. The van der Waals surface area contributed by atoms with E-state index >= 15 is 0 Å². The molecule has 0 aliphatic rings. The molecule has 1 aromatic carbocycles. The van der Waals surface area contributed by atoms with Gasteiger partial charge in [-0.05, 0) is 25.5 Å². The first-order valence-electron chi connectivity index (χ1n) is 4.52. The van der Waals surface area contributed by atoms with E-state index in [9.17, 15) is 4.39 Å². The third-order valence-corrected chi connectivity index (χ3v) is 1.63. The van der Waals surface area contributed by atoms with Crippen molar-refractivity contribution in [3.63, 3.8) is 0 Å². The number of unbranched alkanes of at least 4 members (excludes halogenated alkanes) is 1. The fraction of sp³-hybridized carbons (Fsp3) is 0.333. The largest absolute Gasteiger partial charge is 0.493 e. The van der Waals surface area contributed by atoms with Crippen LogP contribution in [0.4, 0.5) is 4.39 Å². The molecule has 0 spiro atoms. The van der Waals surface area contributed by atoms with Crippen LogP contribution < -0.4 is 4.74 Å². The summed E-state index contributed by atoms with van der Waals surface area (Å²) in [6.45, 7) is 2.38. The molecule has 0 saturated carbocycles. The third kappa shape index (κ3) is 3.95. The van der Waals surface area contributed by atoms with Gasteiger partial charge >= 0.3 is 0 Å². The zero-order chi connectivity index (χ0) is 10.2. The van der Waals surface area contributed by atoms with E-state index in [0.29, 0.717) is 12.4 Å². The summed E-state index contributed by atoms with van der Waals surface area (Å²) in [5.74, 6) is 5.89. The van der Waals surface area contributed by atoms with Crippen LogP contribution >= 0.6 is 0 Å². The normalized spacial score (nSPS) is 9.00. The highest BCUT2D eigenvalue weighted by atomic mass is 19.1. The molecule has 1 aromatic rings. The lowest BCUT2D eigenvalue weighted by molar-refractivity contribution is 0.311. The highest BCUT2D eigenvalue weighted by molar-refractivity contribution is 5.21. The van der Waals surface area contributed by atoms with Crippen LogP contribution in [0.1, 0.15) is 19.8 Å². The van der Waals surface area contributed by atoms with Crippen molar-refractivity contribution in [3.05, 3.63) is 30.1 Å². The Kier molecular flexibility index (Phi) is 4.57. The van der Waals surface area contributed by atoms with Crippen molar-refractivity contribution in [1.82, 2.24) is 0 Å². The number of rotatable bonds is 4. The van der Waals surface area contributed by atoms with Gasteiger partial charge in [-0.2, -0.15) is 0 Å². The van der Waals surface area contributed by atoms with E-state index in [1.165, 1.54) is 12.1 Å². The van der Waals surface area contributed by atoms with Gasteiger partial charge in [0.1, 0.15) is 11.6 Å². The molecule has 1 rings (SSSR count). The fourth-order valence-corrected chi connectivity index (χ4v) is 0.983. The summed E-state index contributed by atoms with van der Waals surface area (Å²) >= 11 is 0. The molecule has 0 atom stereocenters. The molecule has 0 fully saturated rings. The smallest absolute Gasteiger partial charge is 0.134 e. The highest BCUT2D eigenvalue weighted by Crippen LogP contribution is 2.11. The molecule has 0 bridgehead atoms. The average molecular weight is 191 g/mol. The summed E-state index contributed by atoms with van der Waals surface area (Å²) in [6.07, 6.45) is 1.68. The fourth-order valence-electron chi connectivity index (χ4n) is 0.983. The van der Waals surface area contributed by atoms with Crippen molar-refractivity contribution in [2.24, 2.45) is 0 Å². The van der Waals surface area contributed by atoms with Crippen LogP contribution in [0.15, 0.2) is 18.2 Å². The van der Waals surface area contributed by atoms with Gasteiger partial charge in [0, 0.05) is 18.6 Å². The van der Waals surface area contributed by atoms with E-state index in [0.717, 1.165) is 12.8 Å². The molecule has 0 unspecified atom stereocenters. The Hall–Kier alpha value is -1.49. The number of hydrogen-bond acceptors (Lipinski definition) is 1. The Balaban J connectivity index is 2.27. The summed E-state index contributed by atoms with van der Waals surface area (Å²) in [5.41, 5.74) is 0. The van der Waals surface area contributed by atoms with Crippen LogP contribution in [0, 0.1) is 23.7 Å². The second-order valence-electron chi connectivity index (χ2n) is 2.75. The molecule has 14 heavy (non-hydrogen) atoms. The second-order valence-corrected chi connectivity index (χ2v) is 2.75. The van der Waals surface area contributed by atoms with Crippen molar-refractivity contribution >= 4 is 0 Å². The number of ether oxygens (including phenoxy) is 1. The van der Waals surface area contributed by atoms with Gasteiger partial charge in [-0.25, -0.2) is 4.39 Å². The molecule has 0 aliphatic carbocycles. The third-order valence-electron chi connectivity index (χ3n) is 1.63. The van der Waals surface area contributed by atoms with Crippen molar-refractivity contribution in [1.29, 1.82) is 0 Å². The summed E-state index contributed by atoms with van der Waals surface area (Å²) in [6, 6.07) is 6.94. The second kappa shape index (κ2) is 6.04. The van der Waals surface area contributed by atoms with Gasteiger partial charge in [-0.3, -0.25) is 0 Å². The van der Waals surface area contributed by atoms with Gasteiger partial charge in [0.05, 0.1) is 6.61 Å². The van der Waals surface area contributed by atoms with Gasteiger partial charge in [-0.1, -0.05) is 0 Å². The minimum Gasteiger partial charge on any atom is -0.493 e. The van der Waals surface area contributed by atoms with Crippen LogP contribution in [0.2, 0.25) is 0 Å². The first kappa shape index (κ1) is 10.6. The van der Waals surface area contributed by atoms with E-state index in [-0.39, 0.29) is 0 Å². The minimum atomic E-state index is -0.393. The van der Waals surface area contributed by atoms with Crippen molar-refractivity contribution in [2.75, 3.05) is 6.61 Å². The monoisotopic (exact) mass is 191 g/mol. The summed E-state index contributed by atoms with van der Waals surface area (Å²) in [5, 5.41) is 0. The van der Waals surface area contributed by atoms with Crippen molar-refractivity contribution in [3.8, 4) is 17.6 Å². The molecule has 2 heteroatoms. The van der Waals surface area contributed by atoms with E-state index in [4.69, 9.17) is 4.74 Å². The van der Waals surface area contributed by atoms with E-state index in [1.807, 2.05) is 6.92 Å².